The van der Waals surface area contributed by atoms with Crippen LogP contribution >= 0.6 is 11.3 Å². The first-order valence-corrected chi connectivity index (χ1v) is 6.99. The van der Waals surface area contributed by atoms with Crippen LogP contribution in [0, 0.1) is 0 Å². The number of benzene rings is 1. The number of rotatable bonds is 4. The van der Waals surface area contributed by atoms with E-state index >= 15 is 0 Å². The Labute approximate surface area is 116 Å². The van der Waals surface area contributed by atoms with Crippen molar-refractivity contribution in [2.75, 3.05) is 13.6 Å². The number of amides is 1. The van der Waals surface area contributed by atoms with Crippen molar-refractivity contribution in [2.24, 2.45) is 5.73 Å². The van der Waals surface area contributed by atoms with E-state index in [0.717, 1.165) is 10.6 Å². The zero-order chi connectivity index (χ0) is 13.8. The second kappa shape index (κ2) is 5.95. The zero-order valence-corrected chi connectivity index (χ0v) is 11.9. The van der Waals surface area contributed by atoms with Crippen LogP contribution in [0.25, 0.3) is 10.6 Å². The van der Waals surface area contributed by atoms with Crippen LogP contribution in [0.15, 0.2) is 35.7 Å². The second-order valence-electron chi connectivity index (χ2n) is 4.40. The van der Waals surface area contributed by atoms with Gasteiger partial charge in [0.25, 0.3) is 5.91 Å². The van der Waals surface area contributed by atoms with Crippen LogP contribution in [0.2, 0.25) is 0 Å². The van der Waals surface area contributed by atoms with E-state index in [-0.39, 0.29) is 11.9 Å². The van der Waals surface area contributed by atoms with Gasteiger partial charge < -0.3 is 10.6 Å². The van der Waals surface area contributed by atoms with Gasteiger partial charge in [-0.25, -0.2) is 4.98 Å². The number of thiazole rings is 1. The molecule has 1 aromatic carbocycles. The molecule has 0 saturated carbocycles. The van der Waals surface area contributed by atoms with E-state index in [1.807, 2.05) is 37.3 Å². The number of nitrogens with zero attached hydrogens (tertiary/aromatic N) is 2. The highest BCUT2D eigenvalue weighted by atomic mass is 32.1. The highest BCUT2D eigenvalue weighted by Gasteiger charge is 2.19. The van der Waals surface area contributed by atoms with Gasteiger partial charge in [-0.15, -0.1) is 11.3 Å². The molecule has 1 aromatic heterocycles. The van der Waals surface area contributed by atoms with E-state index in [9.17, 15) is 4.79 Å². The molecule has 0 radical (unpaired) electrons. The quantitative estimate of drug-likeness (QED) is 0.931. The summed E-state index contributed by atoms with van der Waals surface area (Å²) in [5.74, 6) is -0.0867. The summed E-state index contributed by atoms with van der Waals surface area (Å²) in [7, 11) is 1.75. The van der Waals surface area contributed by atoms with Crippen LogP contribution in [0.4, 0.5) is 0 Å². The summed E-state index contributed by atoms with van der Waals surface area (Å²) in [6, 6.07) is 9.86. The molecule has 2 aromatic rings. The fraction of sp³-hybridized carbons (Fsp3) is 0.286. The van der Waals surface area contributed by atoms with E-state index < -0.39 is 0 Å². The van der Waals surface area contributed by atoms with Crippen LogP contribution in [0.3, 0.4) is 0 Å². The lowest BCUT2D eigenvalue weighted by molar-refractivity contribution is 0.0743. The molecule has 1 amide bonds. The van der Waals surface area contributed by atoms with Crippen molar-refractivity contribution in [1.82, 2.24) is 9.88 Å². The van der Waals surface area contributed by atoms with Gasteiger partial charge in [-0.3, -0.25) is 4.79 Å². The molecule has 100 valence electrons. The van der Waals surface area contributed by atoms with Gasteiger partial charge in [-0.2, -0.15) is 0 Å². The average Bonchev–Trinajstić information content (AvgIpc) is 2.95. The molecular formula is C14H17N3OS. The molecule has 0 aliphatic carbocycles. The maximum absolute atomic E-state index is 12.2. The van der Waals surface area contributed by atoms with Gasteiger partial charge >= 0.3 is 0 Å². The molecular weight excluding hydrogens is 258 g/mol. The van der Waals surface area contributed by atoms with Crippen molar-refractivity contribution in [3.05, 3.63) is 41.4 Å². The highest BCUT2D eigenvalue weighted by Crippen LogP contribution is 2.23. The fourth-order valence-corrected chi connectivity index (χ4v) is 2.42. The van der Waals surface area contributed by atoms with Gasteiger partial charge in [-0.1, -0.05) is 30.3 Å². The summed E-state index contributed by atoms with van der Waals surface area (Å²) in [5, 5.41) is 2.66. The lowest BCUT2D eigenvalue weighted by atomic mass is 10.2. The molecule has 0 aliphatic heterocycles. The maximum atomic E-state index is 12.2. The van der Waals surface area contributed by atoms with Gasteiger partial charge in [0.1, 0.15) is 10.7 Å². The molecule has 1 heterocycles. The average molecular weight is 275 g/mol. The Morgan fingerprint density at radius 1 is 1.42 bits per heavy atom. The van der Waals surface area contributed by atoms with Crippen LogP contribution in [-0.2, 0) is 0 Å². The maximum Gasteiger partial charge on any atom is 0.273 e. The first-order valence-electron chi connectivity index (χ1n) is 6.11. The molecule has 2 rings (SSSR count). The van der Waals surface area contributed by atoms with Gasteiger partial charge in [-0.05, 0) is 6.92 Å². The summed E-state index contributed by atoms with van der Waals surface area (Å²) in [5.41, 5.74) is 7.08. The zero-order valence-electron chi connectivity index (χ0n) is 11.0. The van der Waals surface area contributed by atoms with Crippen molar-refractivity contribution < 1.29 is 4.79 Å². The summed E-state index contributed by atoms with van der Waals surface area (Å²) in [6.07, 6.45) is 0. The standard InChI is InChI=1S/C14H17N3OS/c1-10(8-15)17(2)14(18)12-9-19-13(16-12)11-6-4-3-5-7-11/h3-7,9-10H,8,15H2,1-2H3. The Balaban J connectivity index is 2.20. The molecule has 5 heteroatoms. The molecule has 2 N–H and O–H groups in total. The number of carbonyl (C=O) groups is 1. The Hall–Kier alpha value is -1.72. The second-order valence-corrected chi connectivity index (χ2v) is 5.26. The van der Waals surface area contributed by atoms with Gasteiger partial charge in [0.05, 0.1) is 0 Å². The van der Waals surface area contributed by atoms with Gasteiger partial charge in [0.15, 0.2) is 0 Å². The molecule has 0 spiro atoms. The molecule has 19 heavy (non-hydrogen) atoms. The molecule has 1 unspecified atom stereocenters. The van der Waals surface area contributed by atoms with E-state index in [2.05, 4.69) is 4.98 Å². The predicted molar refractivity (Wildman–Crippen MR) is 78.2 cm³/mol. The highest BCUT2D eigenvalue weighted by molar-refractivity contribution is 7.13. The number of hydrogen-bond acceptors (Lipinski definition) is 4. The van der Waals surface area contributed by atoms with Gasteiger partial charge in [0.2, 0.25) is 0 Å². The topological polar surface area (TPSA) is 59.2 Å². The number of likely N-dealkylation sites (N-methyl/N-ethyl adjacent to an activating group) is 1. The fourth-order valence-electron chi connectivity index (χ4n) is 1.62. The van der Waals surface area contributed by atoms with Crippen molar-refractivity contribution in [2.45, 2.75) is 13.0 Å². The lowest BCUT2D eigenvalue weighted by Crippen LogP contribution is -2.39. The number of carbonyl (C=O) groups excluding carboxylic acids is 1. The smallest absolute Gasteiger partial charge is 0.273 e. The Morgan fingerprint density at radius 3 is 2.74 bits per heavy atom. The molecule has 0 fully saturated rings. The van der Waals surface area contributed by atoms with Crippen LogP contribution in [-0.4, -0.2) is 35.4 Å². The van der Waals surface area contributed by atoms with E-state index in [1.165, 1.54) is 11.3 Å². The predicted octanol–water partition coefficient (Wildman–Crippen LogP) is 2.23. The summed E-state index contributed by atoms with van der Waals surface area (Å²) >= 11 is 1.48. The summed E-state index contributed by atoms with van der Waals surface area (Å²) in [6.45, 7) is 2.36. The molecule has 0 bridgehead atoms. The first kappa shape index (κ1) is 13.7. The van der Waals surface area contributed by atoms with E-state index in [1.54, 1.807) is 17.3 Å². The van der Waals surface area contributed by atoms with Crippen molar-refractivity contribution >= 4 is 17.2 Å². The van der Waals surface area contributed by atoms with E-state index in [0.29, 0.717) is 12.2 Å². The normalized spacial score (nSPS) is 12.2. The summed E-state index contributed by atoms with van der Waals surface area (Å²) < 4.78 is 0. The molecule has 0 saturated heterocycles. The Kier molecular flexibility index (Phi) is 4.29. The van der Waals surface area contributed by atoms with Crippen molar-refractivity contribution in [3.8, 4) is 10.6 Å². The minimum atomic E-state index is -0.0867. The third-order valence-corrected chi connectivity index (χ3v) is 3.96. The first-order chi connectivity index (χ1) is 9.13. The molecule has 1 atom stereocenters. The number of nitrogens with two attached hydrogens (primary N) is 1. The van der Waals surface area contributed by atoms with Crippen LogP contribution in [0.5, 0.6) is 0 Å². The van der Waals surface area contributed by atoms with Crippen LogP contribution in [0.1, 0.15) is 17.4 Å². The lowest BCUT2D eigenvalue weighted by Gasteiger charge is -2.22. The third-order valence-electron chi connectivity index (χ3n) is 3.07. The van der Waals surface area contributed by atoms with Crippen molar-refractivity contribution in [3.63, 3.8) is 0 Å². The largest absolute Gasteiger partial charge is 0.336 e. The third kappa shape index (κ3) is 3.00. The summed E-state index contributed by atoms with van der Waals surface area (Å²) in [4.78, 5) is 18.2. The van der Waals surface area contributed by atoms with E-state index in [4.69, 9.17) is 5.73 Å². The number of hydrogen-bond donors (Lipinski definition) is 1. The minimum absolute atomic E-state index is 0.00868. The monoisotopic (exact) mass is 275 g/mol. The minimum Gasteiger partial charge on any atom is -0.336 e. The molecule has 4 nitrogen and oxygen atoms in total. The SMILES string of the molecule is CC(CN)N(C)C(=O)c1csc(-c2ccccc2)n1. The van der Waals surface area contributed by atoms with Crippen LogP contribution < -0.4 is 5.73 Å². The number of aromatic nitrogens is 1. The Morgan fingerprint density at radius 2 is 2.11 bits per heavy atom. The van der Waals surface area contributed by atoms with Gasteiger partial charge in [0, 0.05) is 30.6 Å². The molecule has 0 aliphatic rings. The Bertz CT molecular complexity index is 553. The van der Waals surface area contributed by atoms with Crippen molar-refractivity contribution in [1.29, 1.82) is 0 Å².